The number of benzene rings is 1. The monoisotopic (exact) mass is 489 g/mol. The summed E-state index contributed by atoms with van der Waals surface area (Å²) in [5.74, 6) is -0.322. The molecule has 2 aliphatic heterocycles. The van der Waals surface area contributed by atoms with Crippen molar-refractivity contribution in [2.45, 2.75) is 39.2 Å². The Labute approximate surface area is 207 Å². The second-order valence-corrected chi connectivity index (χ2v) is 9.99. The predicted octanol–water partition coefficient (Wildman–Crippen LogP) is 1.81. The molecule has 1 unspecified atom stereocenters. The normalized spacial score (nSPS) is 19.1. The molecule has 3 rings (SSSR count). The number of anilines is 2. The highest BCUT2D eigenvalue weighted by molar-refractivity contribution is 5.92. The number of nitrogens with zero attached hydrogens (tertiary/aromatic N) is 2. The van der Waals surface area contributed by atoms with Gasteiger partial charge in [-0.1, -0.05) is 0 Å². The molecule has 1 atom stereocenters. The summed E-state index contributed by atoms with van der Waals surface area (Å²) in [6.07, 6.45) is 1.14. The summed E-state index contributed by atoms with van der Waals surface area (Å²) in [5, 5.41) is 8.45. The lowest BCUT2D eigenvalue weighted by atomic mass is 9.97. The lowest BCUT2D eigenvalue weighted by molar-refractivity contribution is -0.127. The van der Waals surface area contributed by atoms with Crippen molar-refractivity contribution in [3.8, 4) is 0 Å². The number of carbonyl (C=O) groups is 3. The molecule has 1 aromatic carbocycles. The van der Waals surface area contributed by atoms with Crippen molar-refractivity contribution in [3.63, 3.8) is 0 Å². The number of carbonyl (C=O) groups excluding carboxylic acids is 3. The van der Waals surface area contributed by atoms with Gasteiger partial charge in [-0.15, -0.1) is 0 Å². The first-order valence-electron chi connectivity index (χ1n) is 12.4. The molecule has 3 amide bonds. The van der Waals surface area contributed by atoms with E-state index in [2.05, 4.69) is 20.9 Å². The summed E-state index contributed by atoms with van der Waals surface area (Å²) < 4.78 is 10.6. The van der Waals surface area contributed by atoms with Gasteiger partial charge >= 0.3 is 6.09 Å². The van der Waals surface area contributed by atoms with Gasteiger partial charge in [-0.25, -0.2) is 4.79 Å². The molecule has 0 saturated carbocycles. The molecule has 3 N–H and O–H groups in total. The van der Waals surface area contributed by atoms with Gasteiger partial charge in [0.1, 0.15) is 5.60 Å². The topological polar surface area (TPSA) is 112 Å². The van der Waals surface area contributed by atoms with E-state index in [9.17, 15) is 14.4 Å². The van der Waals surface area contributed by atoms with Gasteiger partial charge in [0.25, 0.3) is 0 Å². The zero-order valence-corrected chi connectivity index (χ0v) is 21.1. The molecule has 1 aromatic rings. The Morgan fingerprint density at radius 3 is 2.40 bits per heavy atom. The largest absolute Gasteiger partial charge is 0.444 e. The Hall–Kier alpha value is -2.85. The number of hydrogen-bond donors (Lipinski definition) is 3. The Kier molecular flexibility index (Phi) is 9.73. The fraction of sp³-hybridized carbons (Fsp3) is 0.640. The van der Waals surface area contributed by atoms with Gasteiger partial charge in [-0.2, -0.15) is 0 Å². The minimum absolute atomic E-state index is 0.0557. The minimum atomic E-state index is -0.558. The minimum Gasteiger partial charge on any atom is -0.444 e. The summed E-state index contributed by atoms with van der Waals surface area (Å²) in [5.41, 5.74) is 1.32. The van der Waals surface area contributed by atoms with Crippen molar-refractivity contribution in [2.75, 3.05) is 69.2 Å². The number of morpholine rings is 1. The van der Waals surface area contributed by atoms with E-state index in [-0.39, 0.29) is 24.3 Å². The molecule has 35 heavy (non-hydrogen) atoms. The molecule has 0 radical (unpaired) electrons. The number of likely N-dealkylation sites (tertiary alicyclic amines) is 1. The third-order valence-electron chi connectivity index (χ3n) is 5.86. The third kappa shape index (κ3) is 9.37. The van der Waals surface area contributed by atoms with Gasteiger partial charge in [0, 0.05) is 44.1 Å². The third-order valence-corrected chi connectivity index (χ3v) is 5.86. The fourth-order valence-electron chi connectivity index (χ4n) is 4.20. The highest BCUT2D eigenvalue weighted by Gasteiger charge is 2.26. The highest BCUT2D eigenvalue weighted by Crippen LogP contribution is 2.20. The average Bonchev–Trinajstić information content (AvgIpc) is 2.82. The molecule has 0 aromatic heterocycles. The number of ether oxygens (including phenoxy) is 2. The van der Waals surface area contributed by atoms with Crippen LogP contribution in [0.15, 0.2) is 24.3 Å². The van der Waals surface area contributed by atoms with Gasteiger partial charge in [0.15, 0.2) is 0 Å². The molecule has 0 aliphatic carbocycles. The zero-order chi connectivity index (χ0) is 25.3. The van der Waals surface area contributed by atoms with Gasteiger partial charge in [0.05, 0.1) is 25.7 Å². The number of alkyl carbamates (subject to hydrolysis) is 1. The van der Waals surface area contributed by atoms with E-state index in [4.69, 9.17) is 9.47 Å². The Morgan fingerprint density at radius 1 is 1.03 bits per heavy atom. The molecule has 10 nitrogen and oxygen atoms in total. The van der Waals surface area contributed by atoms with Crippen LogP contribution in [0, 0.1) is 5.92 Å². The molecule has 0 spiro atoms. The zero-order valence-electron chi connectivity index (χ0n) is 21.1. The van der Waals surface area contributed by atoms with Crippen LogP contribution in [0.25, 0.3) is 0 Å². The van der Waals surface area contributed by atoms with E-state index >= 15 is 0 Å². The van der Waals surface area contributed by atoms with Crippen LogP contribution >= 0.6 is 0 Å². The summed E-state index contributed by atoms with van der Waals surface area (Å²) in [6.45, 7) is 10.8. The maximum atomic E-state index is 12.6. The number of rotatable bonds is 8. The van der Waals surface area contributed by atoms with Crippen LogP contribution in [0.2, 0.25) is 0 Å². The van der Waals surface area contributed by atoms with E-state index in [1.54, 1.807) is 20.8 Å². The summed E-state index contributed by atoms with van der Waals surface area (Å²) >= 11 is 0. The van der Waals surface area contributed by atoms with Gasteiger partial charge in [0.2, 0.25) is 11.8 Å². The average molecular weight is 490 g/mol. The summed E-state index contributed by atoms with van der Waals surface area (Å²) in [7, 11) is 0. The number of piperidine rings is 1. The van der Waals surface area contributed by atoms with E-state index in [1.165, 1.54) is 0 Å². The van der Waals surface area contributed by atoms with Crippen LogP contribution in [0.5, 0.6) is 0 Å². The van der Waals surface area contributed by atoms with Crippen molar-refractivity contribution in [2.24, 2.45) is 5.92 Å². The lowest BCUT2D eigenvalue weighted by Gasteiger charge is -2.31. The lowest BCUT2D eigenvalue weighted by Crippen LogP contribution is -2.46. The smallest absolute Gasteiger partial charge is 0.407 e. The Balaban J connectivity index is 1.36. The Bertz CT molecular complexity index is 849. The first-order valence-corrected chi connectivity index (χ1v) is 12.4. The molecule has 2 aliphatic rings. The predicted molar refractivity (Wildman–Crippen MR) is 135 cm³/mol. The van der Waals surface area contributed by atoms with Crippen molar-refractivity contribution < 1.29 is 23.9 Å². The maximum absolute atomic E-state index is 12.6. The molecule has 2 saturated heterocycles. The second-order valence-electron chi connectivity index (χ2n) is 9.99. The summed E-state index contributed by atoms with van der Waals surface area (Å²) in [4.78, 5) is 41.1. The molecule has 2 fully saturated rings. The quantitative estimate of drug-likeness (QED) is 0.478. The van der Waals surface area contributed by atoms with E-state index < -0.39 is 11.7 Å². The molecular weight excluding hydrogens is 450 g/mol. The molecule has 10 heteroatoms. The molecular formula is C25H39N5O5. The number of nitrogens with one attached hydrogen (secondary N) is 3. The standard InChI is InChI=1S/C25H39N5O5/c1-25(2,3)35-24(33)27-11-10-26-23(32)19-5-4-12-29(17-19)18-22(31)28-20-6-8-21(9-7-20)30-13-15-34-16-14-30/h6-9,19H,4-5,10-18H2,1-3H3,(H,26,32)(H,27,33)(H,28,31). The van der Waals surface area contributed by atoms with E-state index in [0.29, 0.717) is 19.6 Å². The maximum Gasteiger partial charge on any atom is 0.407 e. The second kappa shape index (κ2) is 12.7. The van der Waals surface area contributed by atoms with Gasteiger partial charge in [-0.05, 0) is 64.4 Å². The first-order chi connectivity index (χ1) is 16.7. The van der Waals surface area contributed by atoms with Crippen molar-refractivity contribution in [1.29, 1.82) is 0 Å². The van der Waals surface area contributed by atoms with Crippen LogP contribution in [0.4, 0.5) is 16.2 Å². The van der Waals surface area contributed by atoms with Crippen LogP contribution in [0.1, 0.15) is 33.6 Å². The molecule has 2 heterocycles. The van der Waals surface area contributed by atoms with Crippen LogP contribution in [0.3, 0.4) is 0 Å². The van der Waals surface area contributed by atoms with Crippen LogP contribution < -0.4 is 20.9 Å². The Morgan fingerprint density at radius 2 is 1.71 bits per heavy atom. The van der Waals surface area contributed by atoms with E-state index in [0.717, 1.165) is 57.1 Å². The summed E-state index contributed by atoms with van der Waals surface area (Å²) in [6, 6.07) is 7.86. The number of hydrogen-bond acceptors (Lipinski definition) is 7. The fourth-order valence-corrected chi connectivity index (χ4v) is 4.20. The molecule has 0 bridgehead atoms. The van der Waals surface area contributed by atoms with Crippen molar-refractivity contribution >= 4 is 29.3 Å². The van der Waals surface area contributed by atoms with Crippen LogP contribution in [-0.4, -0.2) is 87.4 Å². The van der Waals surface area contributed by atoms with E-state index in [1.807, 2.05) is 29.2 Å². The van der Waals surface area contributed by atoms with Crippen molar-refractivity contribution in [1.82, 2.24) is 15.5 Å². The van der Waals surface area contributed by atoms with Crippen molar-refractivity contribution in [3.05, 3.63) is 24.3 Å². The first kappa shape index (κ1) is 26.7. The van der Waals surface area contributed by atoms with Crippen LogP contribution in [-0.2, 0) is 19.1 Å². The van der Waals surface area contributed by atoms with Gasteiger partial charge < -0.3 is 30.3 Å². The highest BCUT2D eigenvalue weighted by atomic mass is 16.6. The van der Waals surface area contributed by atoms with Gasteiger partial charge in [-0.3, -0.25) is 14.5 Å². The molecule has 194 valence electrons. The number of amides is 3. The SMILES string of the molecule is CC(C)(C)OC(=O)NCCNC(=O)C1CCCN(CC(=O)Nc2ccc(N3CCOCC3)cc2)C1.